The summed E-state index contributed by atoms with van der Waals surface area (Å²) in [7, 11) is 0. The van der Waals surface area contributed by atoms with Crippen LogP contribution >= 0.6 is 11.8 Å². The van der Waals surface area contributed by atoms with Crippen LogP contribution in [0.5, 0.6) is 0 Å². The van der Waals surface area contributed by atoms with E-state index in [-0.39, 0.29) is 17.2 Å². The molecule has 1 aromatic rings. The number of nitrogens with one attached hydrogen (secondary N) is 3. The molecule has 0 aromatic heterocycles. The van der Waals surface area contributed by atoms with Gasteiger partial charge in [-0.05, 0) is 44.6 Å². The van der Waals surface area contributed by atoms with Crippen molar-refractivity contribution < 1.29 is 4.79 Å². The molecule has 6 heteroatoms. The third-order valence-electron chi connectivity index (χ3n) is 3.71. The van der Waals surface area contributed by atoms with Gasteiger partial charge in [0.2, 0.25) is 5.91 Å². The first-order valence-electron chi connectivity index (χ1n) is 8.12. The second-order valence-corrected chi connectivity index (χ2v) is 7.55. The van der Waals surface area contributed by atoms with Crippen molar-refractivity contribution in [3.63, 3.8) is 0 Å². The Balaban J connectivity index is 1.83. The van der Waals surface area contributed by atoms with E-state index >= 15 is 0 Å². The van der Waals surface area contributed by atoms with E-state index in [1.54, 1.807) is 0 Å². The van der Waals surface area contributed by atoms with Crippen molar-refractivity contribution in [1.29, 1.82) is 0 Å². The van der Waals surface area contributed by atoms with E-state index in [1.165, 1.54) is 18.6 Å². The molecule has 2 rings (SSSR count). The van der Waals surface area contributed by atoms with Crippen LogP contribution in [-0.4, -0.2) is 42.0 Å². The summed E-state index contributed by atoms with van der Waals surface area (Å²) in [6, 6.07) is 9.43. The van der Waals surface area contributed by atoms with Gasteiger partial charge in [-0.3, -0.25) is 4.79 Å². The Kier molecular flexibility index (Phi) is 6.77. The Morgan fingerprint density at radius 1 is 1.30 bits per heavy atom. The van der Waals surface area contributed by atoms with Gasteiger partial charge in [0.1, 0.15) is 6.54 Å². The normalized spacial score (nSPS) is 21.0. The molecule has 0 aliphatic carbocycles. The summed E-state index contributed by atoms with van der Waals surface area (Å²) in [5.74, 6) is 1.81. The van der Waals surface area contributed by atoms with Crippen molar-refractivity contribution in [3.8, 4) is 0 Å². The molecular weight excluding hydrogens is 308 g/mol. The number of amides is 1. The van der Waals surface area contributed by atoms with Crippen molar-refractivity contribution in [2.75, 3.05) is 30.7 Å². The number of guanidine groups is 1. The number of hydrogen-bond donors (Lipinski definition) is 3. The molecule has 0 saturated carbocycles. The van der Waals surface area contributed by atoms with Gasteiger partial charge in [-0.25, -0.2) is 4.99 Å². The van der Waals surface area contributed by atoms with Gasteiger partial charge in [0.05, 0.1) is 0 Å². The molecule has 1 atom stereocenters. The number of carbonyl (C=O) groups is 1. The second-order valence-electron chi connectivity index (χ2n) is 5.86. The highest BCUT2D eigenvalue weighted by atomic mass is 32.2. The van der Waals surface area contributed by atoms with Gasteiger partial charge in [-0.15, -0.1) is 0 Å². The first-order chi connectivity index (χ1) is 11.1. The second kappa shape index (κ2) is 8.82. The van der Waals surface area contributed by atoms with Gasteiger partial charge >= 0.3 is 0 Å². The quantitative estimate of drug-likeness (QED) is 0.552. The molecule has 1 aromatic carbocycles. The molecule has 126 valence electrons. The van der Waals surface area contributed by atoms with Crippen LogP contribution in [0.2, 0.25) is 0 Å². The van der Waals surface area contributed by atoms with Gasteiger partial charge in [0, 0.05) is 23.5 Å². The highest BCUT2D eigenvalue weighted by molar-refractivity contribution is 8.00. The third-order valence-corrected chi connectivity index (χ3v) is 5.25. The molecule has 0 spiro atoms. The number of nitrogens with zero attached hydrogens (tertiary/aromatic N) is 1. The lowest BCUT2D eigenvalue weighted by Crippen LogP contribution is -2.44. The Bertz CT molecular complexity index is 527. The Morgan fingerprint density at radius 2 is 2.09 bits per heavy atom. The smallest absolute Gasteiger partial charge is 0.246 e. The highest BCUT2D eigenvalue weighted by Crippen LogP contribution is 2.36. The van der Waals surface area contributed by atoms with E-state index in [2.05, 4.69) is 27.9 Å². The largest absolute Gasteiger partial charge is 0.357 e. The van der Waals surface area contributed by atoms with Gasteiger partial charge in [-0.2, -0.15) is 11.8 Å². The molecule has 1 aliphatic rings. The number of thioether (sulfide) groups is 1. The fourth-order valence-corrected chi connectivity index (χ4v) is 3.71. The van der Waals surface area contributed by atoms with E-state index < -0.39 is 0 Å². The van der Waals surface area contributed by atoms with E-state index in [0.717, 1.165) is 18.8 Å². The molecular formula is C17H26N4OS. The lowest BCUT2D eigenvalue weighted by molar-refractivity contribution is -0.114. The molecule has 0 radical (unpaired) electrons. The maximum absolute atomic E-state index is 12.0. The van der Waals surface area contributed by atoms with Crippen molar-refractivity contribution >= 4 is 29.3 Å². The van der Waals surface area contributed by atoms with Crippen LogP contribution in [0.25, 0.3) is 0 Å². The summed E-state index contributed by atoms with van der Waals surface area (Å²) in [5.41, 5.74) is 0.792. The monoisotopic (exact) mass is 334 g/mol. The number of para-hydroxylation sites is 1. The van der Waals surface area contributed by atoms with Gasteiger partial charge in [-0.1, -0.05) is 18.2 Å². The fraction of sp³-hybridized carbons (Fsp3) is 0.529. The summed E-state index contributed by atoms with van der Waals surface area (Å²) in [6.07, 6.45) is 2.49. The van der Waals surface area contributed by atoms with Gasteiger partial charge in [0.25, 0.3) is 0 Å². The van der Waals surface area contributed by atoms with Gasteiger partial charge < -0.3 is 16.0 Å². The molecule has 1 unspecified atom stereocenters. The van der Waals surface area contributed by atoms with Crippen molar-refractivity contribution in [1.82, 2.24) is 10.6 Å². The predicted octanol–water partition coefficient (Wildman–Crippen LogP) is 2.47. The number of anilines is 1. The minimum atomic E-state index is -0.116. The average molecular weight is 334 g/mol. The molecule has 1 fully saturated rings. The fourth-order valence-electron chi connectivity index (χ4n) is 2.46. The van der Waals surface area contributed by atoms with Crippen molar-refractivity contribution in [2.45, 2.75) is 31.4 Å². The number of carbonyl (C=O) groups excluding carboxylic acids is 1. The number of rotatable bonds is 6. The first-order valence-corrected chi connectivity index (χ1v) is 9.11. The minimum Gasteiger partial charge on any atom is -0.357 e. The first kappa shape index (κ1) is 17.7. The Hall–Kier alpha value is -1.69. The summed E-state index contributed by atoms with van der Waals surface area (Å²) in [5, 5.41) is 9.39. The van der Waals surface area contributed by atoms with Crippen molar-refractivity contribution in [2.24, 2.45) is 4.99 Å². The number of hydrogen-bond acceptors (Lipinski definition) is 3. The van der Waals surface area contributed by atoms with Crippen LogP contribution in [0.15, 0.2) is 35.3 Å². The van der Waals surface area contributed by atoms with Crippen LogP contribution in [0.3, 0.4) is 0 Å². The third kappa shape index (κ3) is 6.14. The zero-order chi connectivity index (χ0) is 16.5. The van der Waals surface area contributed by atoms with Crippen molar-refractivity contribution in [3.05, 3.63) is 30.3 Å². The minimum absolute atomic E-state index is 0.105. The van der Waals surface area contributed by atoms with Crippen LogP contribution in [0.4, 0.5) is 5.69 Å². The predicted molar refractivity (Wildman–Crippen MR) is 99.2 cm³/mol. The molecule has 1 heterocycles. The van der Waals surface area contributed by atoms with Crippen LogP contribution in [0.1, 0.15) is 26.7 Å². The average Bonchev–Trinajstić information content (AvgIpc) is 2.98. The molecule has 1 saturated heterocycles. The summed E-state index contributed by atoms with van der Waals surface area (Å²) < 4.78 is 0.266. The Morgan fingerprint density at radius 3 is 2.74 bits per heavy atom. The summed E-state index contributed by atoms with van der Waals surface area (Å²) >= 11 is 2.01. The maximum Gasteiger partial charge on any atom is 0.246 e. The molecule has 5 nitrogen and oxygen atoms in total. The molecule has 3 N–H and O–H groups in total. The Labute approximate surface area is 142 Å². The molecule has 1 aliphatic heterocycles. The van der Waals surface area contributed by atoms with E-state index in [4.69, 9.17) is 0 Å². The zero-order valence-electron chi connectivity index (χ0n) is 13.9. The van der Waals surface area contributed by atoms with Crippen LogP contribution in [0, 0.1) is 0 Å². The van der Waals surface area contributed by atoms with E-state index in [1.807, 2.05) is 49.0 Å². The zero-order valence-corrected chi connectivity index (χ0v) is 14.7. The lowest BCUT2D eigenvalue weighted by Gasteiger charge is -2.24. The van der Waals surface area contributed by atoms with E-state index in [0.29, 0.717) is 5.96 Å². The van der Waals surface area contributed by atoms with E-state index in [9.17, 15) is 4.79 Å². The van der Waals surface area contributed by atoms with Gasteiger partial charge in [0.15, 0.2) is 5.96 Å². The number of benzene rings is 1. The topological polar surface area (TPSA) is 65.5 Å². The molecule has 1 amide bonds. The van der Waals surface area contributed by atoms with Crippen LogP contribution in [-0.2, 0) is 4.79 Å². The standard InChI is InChI=1S/C17H26N4OS/c1-3-18-16(20-13-17(2)10-7-11-23-17)19-12-15(22)21-14-8-5-4-6-9-14/h4-6,8-9H,3,7,10-13H2,1-2H3,(H,21,22)(H2,18,19,20). The molecule has 23 heavy (non-hydrogen) atoms. The SMILES string of the molecule is CCNC(=NCC(=O)Nc1ccccc1)NCC1(C)CCCS1. The lowest BCUT2D eigenvalue weighted by atomic mass is 10.1. The molecule has 0 bridgehead atoms. The number of aliphatic imine (C=N–C) groups is 1. The highest BCUT2D eigenvalue weighted by Gasteiger charge is 2.29. The maximum atomic E-state index is 12.0. The summed E-state index contributed by atoms with van der Waals surface area (Å²) in [4.78, 5) is 16.3. The van der Waals surface area contributed by atoms with Crippen LogP contribution < -0.4 is 16.0 Å². The summed E-state index contributed by atoms with van der Waals surface area (Å²) in [6.45, 7) is 6.05.